The van der Waals surface area contributed by atoms with E-state index in [1.54, 1.807) is 6.08 Å². The van der Waals surface area contributed by atoms with Crippen molar-refractivity contribution in [1.29, 1.82) is 0 Å². The molecule has 27 heavy (non-hydrogen) atoms. The minimum Gasteiger partial charge on any atom is -0.489 e. The largest absolute Gasteiger partial charge is 0.489 e. The van der Waals surface area contributed by atoms with E-state index in [1.807, 2.05) is 70.2 Å². The monoisotopic (exact) mass is 372 g/mol. The SMILES string of the molecule is C=C/C(=C\C(=C/C)OCc1ccccc1)CNCCNC(=O)OC(C)(C)C. The van der Waals surface area contributed by atoms with Crippen LogP contribution in [0.1, 0.15) is 33.3 Å². The van der Waals surface area contributed by atoms with E-state index < -0.39 is 11.7 Å². The molecule has 0 aliphatic rings. The number of nitrogens with one attached hydrogen (secondary N) is 2. The first-order chi connectivity index (χ1) is 12.8. The van der Waals surface area contributed by atoms with Gasteiger partial charge in [-0.3, -0.25) is 0 Å². The van der Waals surface area contributed by atoms with Crippen LogP contribution >= 0.6 is 0 Å². The Hall–Kier alpha value is -2.53. The van der Waals surface area contributed by atoms with Crippen molar-refractivity contribution in [2.45, 2.75) is 39.9 Å². The Bertz CT molecular complexity index is 643. The van der Waals surface area contributed by atoms with E-state index in [2.05, 4.69) is 17.2 Å². The van der Waals surface area contributed by atoms with Crippen molar-refractivity contribution >= 4 is 6.09 Å². The van der Waals surface area contributed by atoms with Crippen molar-refractivity contribution in [3.8, 4) is 0 Å². The standard InChI is InChI=1S/C22H32N2O3/c1-6-18(16-23-13-14-24-21(25)27-22(3,4)5)15-20(7-2)26-17-19-11-9-8-10-12-19/h6-12,15,23H,1,13-14,16-17H2,2-5H3,(H,24,25)/b18-15+,20-7+. The van der Waals surface area contributed by atoms with Crippen molar-refractivity contribution in [3.63, 3.8) is 0 Å². The van der Waals surface area contributed by atoms with Crippen LogP contribution in [0.4, 0.5) is 4.79 Å². The Morgan fingerprint density at radius 3 is 2.48 bits per heavy atom. The normalized spacial score (nSPS) is 12.4. The number of benzene rings is 1. The predicted molar refractivity (Wildman–Crippen MR) is 110 cm³/mol. The highest BCUT2D eigenvalue weighted by Crippen LogP contribution is 2.10. The quantitative estimate of drug-likeness (QED) is 0.364. The number of hydrogen-bond acceptors (Lipinski definition) is 4. The number of alkyl carbamates (subject to hydrolysis) is 1. The first-order valence-corrected chi connectivity index (χ1v) is 9.17. The van der Waals surface area contributed by atoms with Crippen LogP contribution in [0.3, 0.4) is 0 Å². The van der Waals surface area contributed by atoms with E-state index in [0.29, 0.717) is 26.2 Å². The lowest BCUT2D eigenvalue weighted by atomic mass is 10.2. The molecule has 0 radical (unpaired) electrons. The average molecular weight is 373 g/mol. The van der Waals surface area contributed by atoms with Crippen LogP contribution in [0.5, 0.6) is 0 Å². The molecule has 5 heteroatoms. The van der Waals surface area contributed by atoms with Gasteiger partial charge in [-0.1, -0.05) is 43.0 Å². The van der Waals surface area contributed by atoms with Gasteiger partial charge in [0.25, 0.3) is 0 Å². The molecule has 1 aromatic carbocycles. The number of amides is 1. The van der Waals surface area contributed by atoms with Crippen LogP contribution in [0, 0.1) is 0 Å². The Morgan fingerprint density at radius 1 is 1.19 bits per heavy atom. The second-order valence-corrected chi connectivity index (χ2v) is 6.99. The molecular formula is C22H32N2O3. The zero-order chi connectivity index (χ0) is 20.1. The second-order valence-electron chi connectivity index (χ2n) is 6.99. The van der Waals surface area contributed by atoms with Crippen LogP contribution < -0.4 is 10.6 Å². The van der Waals surface area contributed by atoms with Crippen LogP contribution in [0.2, 0.25) is 0 Å². The Kier molecular flexibility index (Phi) is 9.98. The van der Waals surface area contributed by atoms with Gasteiger partial charge >= 0.3 is 6.09 Å². The summed E-state index contributed by atoms with van der Waals surface area (Å²) in [4.78, 5) is 11.6. The fourth-order valence-electron chi connectivity index (χ4n) is 2.11. The molecule has 148 valence electrons. The molecule has 1 aromatic rings. The van der Waals surface area contributed by atoms with E-state index >= 15 is 0 Å². The number of allylic oxidation sites excluding steroid dienone is 2. The lowest BCUT2D eigenvalue weighted by Gasteiger charge is -2.19. The molecule has 2 N–H and O–H groups in total. The first kappa shape index (κ1) is 22.5. The summed E-state index contributed by atoms with van der Waals surface area (Å²) in [6.45, 7) is 13.6. The van der Waals surface area contributed by atoms with Gasteiger partial charge in [0, 0.05) is 19.6 Å². The predicted octanol–water partition coefficient (Wildman–Crippen LogP) is 4.33. The number of rotatable bonds is 10. The van der Waals surface area contributed by atoms with Crippen molar-refractivity contribution in [2.75, 3.05) is 19.6 Å². The van der Waals surface area contributed by atoms with Gasteiger partial charge in [0.05, 0.1) is 0 Å². The molecule has 0 fully saturated rings. The summed E-state index contributed by atoms with van der Waals surface area (Å²) in [6, 6.07) is 10.0. The highest BCUT2D eigenvalue weighted by atomic mass is 16.6. The fraction of sp³-hybridized carbons (Fsp3) is 0.409. The van der Waals surface area contributed by atoms with Crippen LogP contribution in [0.25, 0.3) is 0 Å². The molecule has 0 spiro atoms. The molecule has 5 nitrogen and oxygen atoms in total. The summed E-state index contributed by atoms with van der Waals surface area (Å²) in [5.41, 5.74) is 1.64. The first-order valence-electron chi connectivity index (χ1n) is 9.17. The zero-order valence-electron chi connectivity index (χ0n) is 16.9. The van der Waals surface area contributed by atoms with Gasteiger partial charge < -0.3 is 20.1 Å². The Labute approximate surface area is 163 Å². The second kappa shape index (κ2) is 12.0. The molecule has 0 aromatic heterocycles. The third kappa shape index (κ3) is 10.9. The molecule has 1 rings (SSSR count). The van der Waals surface area contributed by atoms with Gasteiger partial charge in [-0.2, -0.15) is 0 Å². The highest BCUT2D eigenvalue weighted by Gasteiger charge is 2.15. The van der Waals surface area contributed by atoms with Gasteiger partial charge in [0.1, 0.15) is 18.0 Å². The molecule has 0 aliphatic heterocycles. The molecule has 0 unspecified atom stereocenters. The lowest BCUT2D eigenvalue weighted by molar-refractivity contribution is 0.0528. The summed E-state index contributed by atoms with van der Waals surface area (Å²) < 4.78 is 11.0. The summed E-state index contributed by atoms with van der Waals surface area (Å²) in [5, 5.41) is 5.98. The van der Waals surface area contributed by atoms with Gasteiger partial charge in [-0.25, -0.2) is 4.79 Å². The van der Waals surface area contributed by atoms with Crippen LogP contribution in [-0.2, 0) is 16.1 Å². The van der Waals surface area contributed by atoms with E-state index in [0.717, 1.165) is 16.9 Å². The van der Waals surface area contributed by atoms with E-state index in [4.69, 9.17) is 9.47 Å². The van der Waals surface area contributed by atoms with Crippen molar-refractivity contribution in [1.82, 2.24) is 10.6 Å². The van der Waals surface area contributed by atoms with E-state index in [-0.39, 0.29) is 0 Å². The fourth-order valence-corrected chi connectivity index (χ4v) is 2.11. The summed E-state index contributed by atoms with van der Waals surface area (Å²) >= 11 is 0. The van der Waals surface area contributed by atoms with Gasteiger partial charge in [0.2, 0.25) is 0 Å². The maximum atomic E-state index is 11.6. The Balaban J connectivity index is 2.36. The minimum atomic E-state index is -0.487. The number of ether oxygens (including phenoxy) is 2. The average Bonchev–Trinajstić information content (AvgIpc) is 2.62. The van der Waals surface area contributed by atoms with E-state index in [1.165, 1.54) is 0 Å². The summed E-state index contributed by atoms with van der Waals surface area (Å²) in [7, 11) is 0. The maximum Gasteiger partial charge on any atom is 0.407 e. The van der Waals surface area contributed by atoms with Crippen molar-refractivity contribution in [3.05, 3.63) is 72.0 Å². The number of hydrogen-bond donors (Lipinski definition) is 2. The molecule has 0 saturated heterocycles. The number of carbonyl (C=O) groups is 1. The molecular weight excluding hydrogens is 340 g/mol. The summed E-state index contributed by atoms with van der Waals surface area (Å²) in [6.07, 6.45) is 5.28. The van der Waals surface area contributed by atoms with Crippen LogP contribution in [-0.4, -0.2) is 31.3 Å². The third-order valence-electron chi connectivity index (χ3n) is 3.42. The Morgan fingerprint density at radius 2 is 1.89 bits per heavy atom. The molecule has 0 atom stereocenters. The molecule has 1 amide bonds. The topological polar surface area (TPSA) is 59.6 Å². The van der Waals surface area contributed by atoms with Gasteiger partial charge in [-0.15, -0.1) is 0 Å². The van der Waals surface area contributed by atoms with E-state index in [9.17, 15) is 4.79 Å². The smallest absolute Gasteiger partial charge is 0.407 e. The third-order valence-corrected chi connectivity index (χ3v) is 3.42. The highest BCUT2D eigenvalue weighted by molar-refractivity contribution is 5.67. The maximum absolute atomic E-state index is 11.6. The molecule has 0 saturated carbocycles. The number of carbonyl (C=O) groups excluding carboxylic acids is 1. The molecule has 0 aliphatic carbocycles. The van der Waals surface area contributed by atoms with Crippen molar-refractivity contribution < 1.29 is 14.3 Å². The molecule has 0 heterocycles. The minimum absolute atomic E-state index is 0.408. The zero-order valence-corrected chi connectivity index (χ0v) is 16.9. The van der Waals surface area contributed by atoms with Gasteiger partial charge in [0.15, 0.2) is 0 Å². The van der Waals surface area contributed by atoms with Crippen molar-refractivity contribution in [2.24, 2.45) is 0 Å². The van der Waals surface area contributed by atoms with Crippen LogP contribution in [0.15, 0.2) is 66.5 Å². The summed E-state index contributed by atoms with van der Waals surface area (Å²) in [5.74, 6) is 0.794. The molecule has 0 bridgehead atoms. The lowest BCUT2D eigenvalue weighted by Crippen LogP contribution is -2.36. The van der Waals surface area contributed by atoms with Gasteiger partial charge in [-0.05, 0) is 51.0 Å².